The Balaban J connectivity index is 1.71. The van der Waals surface area contributed by atoms with Crippen LogP contribution in [0, 0.1) is 0 Å². The third-order valence-corrected chi connectivity index (χ3v) is 4.10. The van der Waals surface area contributed by atoms with Gasteiger partial charge < -0.3 is 20.0 Å². The third kappa shape index (κ3) is 3.66. The van der Waals surface area contributed by atoms with Gasteiger partial charge in [0.2, 0.25) is 11.5 Å². The smallest absolute Gasteiger partial charge is 0.351 e. The van der Waals surface area contributed by atoms with Crippen molar-refractivity contribution >= 4 is 23.3 Å². The van der Waals surface area contributed by atoms with Crippen molar-refractivity contribution in [1.29, 1.82) is 0 Å². The number of benzene rings is 2. The minimum atomic E-state index is -1.71. The van der Waals surface area contributed by atoms with Crippen molar-refractivity contribution in [2.75, 3.05) is 12.4 Å². The van der Waals surface area contributed by atoms with Crippen molar-refractivity contribution in [1.82, 2.24) is 0 Å². The highest BCUT2D eigenvalue weighted by molar-refractivity contribution is 6.06. The maximum Gasteiger partial charge on any atom is 0.351 e. The highest BCUT2D eigenvalue weighted by Crippen LogP contribution is 2.31. The predicted octanol–water partition coefficient (Wildman–Crippen LogP) is 2.67. The van der Waals surface area contributed by atoms with Crippen molar-refractivity contribution in [2.24, 2.45) is 5.16 Å². The fraction of sp³-hybridized carbons (Fsp3) is 0.211. The first-order chi connectivity index (χ1) is 12.5. The number of rotatable bonds is 6. The molecule has 26 heavy (non-hydrogen) atoms. The summed E-state index contributed by atoms with van der Waals surface area (Å²) in [6, 6.07) is 15.9. The molecule has 1 amide bonds. The van der Waals surface area contributed by atoms with E-state index in [4.69, 9.17) is 9.57 Å². The van der Waals surface area contributed by atoms with Crippen LogP contribution in [0.5, 0.6) is 5.75 Å². The molecule has 1 aliphatic rings. The molecule has 3 rings (SSSR count). The molecule has 7 nitrogen and oxygen atoms in total. The van der Waals surface area contributed by atoms with E-state index in [1.54, 1.807) is 55.6 Å². The van der Waals surface area contributed by atoms with E-state index in [1.165, 1.54) is 0 Å². The number of carboxylic acids is 1. The summed E-state index contributed by atoms with van der Waals surface area (Å²) in [5.41, 5.74) is 0.0704. The van der Waals surface area contributed by atoms with E-state index in [0.717, 1.165) is 5.56 Å². The number of methoxy groups -OCH3 is 1. The molecule has 0 spiro atoms. The quantitative estimate of drug-likeness (QED) is 0.831. The molecule has 1 heterocycles. The monoisotopic (exact) mass is 354 g/mol. The van der Waals surface area contributed by atoms with Gasteiger partial charge in [0, 0.05) is 12.1 Å². The number of anilines is 1. The fourth-order valence-electron chi connectivity index (χ4n) is 2.69. The number of ether oxygens (including phenoxy) is 1. The van der Waals surface area contributed by atoms with Gasteiger partial charge in [-0.2, -0.15) is 0 Å². The zero-order valence-corrected chi connectivity index (χ0v) is 14.1. The third-order valence-electron chi connectivity index (χ3n) is 4.10. The number of hydrogen-bond donors (Lipinski definition) is 2. The van der Waals surface area contributed by atoms with E-state index < -0.39 is 17.5 Å². The van der Waals surface area contributed by atoms with Crippen LogP contribution in [0.4, 0.5) is 5.69 Å². The van der Waals surface area contributed by atoms with Crippen LogP contribution in [0.1, 0.15) is 18.4 Å². The van der Waals surface area contributed by atoms with Crippen molar-refractivity contribution in [3.8, 4) is 5.75 Å². The summed E-state index contributed by atoms with van der Waals surface area (Å²) >= 11 is 0. The topological polar surface area (TPSA) is 97.2 Å². The number of para-hydroxylation sites is 1. The number of nitrogens with one attached hydrogen (secondary N) is 1. The van der Waals surface area contributed by atoms with E-state index in [9.17, 15) is 14.7 Å². The molecule has 0 radical (unpaired) electrons. The Labute approximate surface area is 150 Å². The first-order valence-electron chi connectivity index (χ1n) is 8.00. The Morgan fingerprint density at radius 3 is 2.50 bits per heavy atom. The minimum absolute atomic E-state index is 0.00310. The largest absolute Gasteiger partial charge is 0.497 e. The fourth-order valence-corrected chi connectivity index (χ4v) is 2.69. The van der Waals surface area contributed by atoms with Crippen molar-refractivity contribution in [3.63, 3.8) is 0 Å². The molecular weight excluding hydrogens is 336 g/mol. The van der Waals surface area contributed by atoms with Crippen LogP contribution in [-0.4, -0.2) is 35.4 Å². The highest BCUT2D eigenvalue weighted by atomic mass is 16.7. The highest BCUT2D eigenvalue weighted by Gasteiger charge is 2.48. The molecule has 1 atom stereocenters. The molecule has 0 aliphatic carbocycles. The van der Waals surface area contributed by atoms with Gasteiger partial charge in [0.05, 0.1) is 19.2 Å². The Hall–Kier alpha value is -3.35. The molecule has 0 fully saturated rings. The summed E-state index contributed by atoms with van der Waals surface area (Å²) in [6.45, 7) is 0. The van der Waals surface area contributed by atoms with Crippen LogP contribution in [0.2, 0.25) is 0 Å². The van der Waals surface area contributed by atoms with Crippen molar-refractivity contribution in [2.45, 2.75) is 18.4 Å². The number of carbonyl (C=O) groups excluding carboxylic acids is 1. The summed E-state index contributed by atoms with van der Waals surface area (Å²) in [4.78, 5) is 29.3. The van der Waals surface area contributed by atoms with E-state index in [0.29, 0.717) is 17.1 Å². The number of carboxylic acid groups (broad SMARTS) is 1. The lowest BCUT2D eigenvalue weighted by atomic mass is 9.90. The average molecular weight is 354 g/mol. The van der Waals surface area contributed by atoms with Gasteiger partial charge >= 0.3 is 5.97 Å². The summed E-state index contributed by atoms with van der Waals surface area (Å²) in [5, 5.41) is 16.2. The lowest BCUT2D eigenvalue weighted by molar-refractivity contribution is -0.165. The zero-order chi connectivity index (χ0) is 18.6. The minimum Gasteiger partial charge on any atom is -0.497 e. The van der Waals surface area contributed by atoms with Gasteiger partial charge in [-0.15, -0.1) is 0 Å². The molecule has 1 aliphatic heterocycles. The lowest BCUT2D eigenvalue weighted by Gasteiger charge is -2.21. The Bertz CT molecular complexity index is 833. The van der Waals surface area contributed by atoms with E-state index in [-0.39, 0.29) is 12.8 Å². The number of hydrogen-bond acceptors (Lipinski definition) is 5. The standard InChI is InChI=1S/C19H18N2O5/c1-25-15-9-7-13(8-10-15)16-11-19(18(23)24,26-21-16)12-17(22)20-14-5-3-2-4-6-14/h2-10H,11-12H2,1H3,(H,20,22)(H,23,24)/t19-/m1/s1. The first kappa shape index (κ1) is 17.5. The maximum atomic E-state index is 12.3. The van der Waals surface area contributed by atoms with Gasteiger partial charge in [0.1, 0.15) is 5.75 Å². The first-order valence-corrected chi connectivity index (χ1v) is 8.00. The average Bonchev–Trinajstić information content (AvgIpc) is 3.08. The number of carbonyl (C=O) groups is 2. The second-order valence-corrected chi connectivity index (χ2v) is 5.92. The Kier molecular flexibility index (Phi) is 4.88. The summed E-state index contributed by atoms with van der Waals surface area (Å²) in [7, 11) is 1.56. The van der Waals surface area contributed by atoms with Crippen LogP contribution < -0.4 is 10.1 Å². The molecule has 2 N–H and O–H groups in total. The molecule has 7 heteroatoms. The van der Waals surface area contributed by atoms with Gasteiger partial charge in [-0.25, -0.2) is 4.79 Å². The van der Waals surface area contributed by atoms with Crippen molar-refractivity contribution in [3.05, 3.63) is 60.2 Å². The lowest BCUT2D eigenvalue weighted by Crippen LogP contribution is -2.42. The van der Waals surface area contributed by atoms with Gasteiger partial charge in [0.25, 0.3) is 0 Å². The number of aliphatic carboxylic acids is 1. The summed E-state index contributed by atoms with van der Waals surface area (Å²) < 4.78 is 5.10. The maximum absolute atomic E-state index is 12.3. The van der Waals surface area contributed by atoms with Crippen LogP contribution in [0.25, 0.3) is 0 Å². The van der Waals surface area contributed by atoms with E-state index in [2.05, 4.69) is 10.5 Å². The second-order valence-electron chi connectivity index (χ2n) is 5.92. The summed E-state index contributed by atoms with van der Waals surface area (Å²) in [5.74, 6) is -1.00. The van der Waals surface area contributed by atoms with Gasteiger partial charge in [0.15, 0.2) is 0 Å². The molecule has 0 saturated carbocycles. The Morgan fingerprint density at radius 2 is 1.88 bits per heavy atom. The SMILES string of the molecule is COc1ccc(C2=NO[C@](CC(=O)Nc3ccccc3)(C(=O)O)C2)cc1. The van der Waals surface area contributed by atoms with Gasteiger partial charge in [-0.05, 0) is 42.0 Å². The van der Waals surface area contributed by atoms with Crippen LogP contribution in [0.15, 0.2) is 59.8 Å². The summed E-state index contributed by atoms with van der Waals surface area (Å²) in [6.07, 6.45) is -0.350. The van der Waals surface area contributed by atoms with Crippen LogP contribution in [-0.2, 0) is 14.4 Å². The van der Waals surface area contributed by atoms with Gasteiger partial charge in [-0.1, -0.05) is 23.4 Å². The van der Waals surface area contributed by atoms with Gasteiger partial charge in [-0.3, -0.25) is 4.79 Å². The molecule has 134 valence electrons. The van der Waals surface area contributed by atoms with E-state index >= 15 is 0 Å². The molecule has 0 saturated heterocycles. The molecule has 0 aromatic heterocycles. The van der Waals surface area contributed by atoms with Crippen LogP contribution in [0.3, 0.4) is 0 Å². The predicted molar refractivity (Wildman–Crippen MR) is 95.3 cm³/mol. The molecular formula is C19H18N2O5. The second kappa shape index (κ2) is 7.26. The van der Waals surface area contributed by atoms with Crippen molar-refractivity contribution < 1.29 is 24.3 Å². The molecule has 0 bridgehead atoms. The zero-order valence-electron chi connectivity index (χ0n) is 14.1. The number of amides is 1. The molecule has 2 aromatic carbocycles. The number of nitrogens with zero attached hydrogens (tertiary/aromatic N) is 1. The number of oxime groups is 1. The van der Waals surface area contributed by atoms with E-state index in [1.807, 2.05) is 6.07 Å². The van der Waals surface area contributed by atoms with Crippen LogP contribution >= 0.6 is 0 Å². The molecule has 0 unspecified atom stereocenters. The molecule has 2 aromatic rings. The Morgan fingerprint density at radius 1 is 1.19 bits per heavy atom. The normalized spacial score (nSPS) is 18.6.